The van der Waals surface area contributed by atoms with E-state index < -0.39 is 0 Å². The number of carbonyl (C=O) groups is 1. The summed E-state index contributed by atoms with van der Waals surface area (Å²) in [5.74, 6) is -0.402. The number of nitrogens with one attached hydrogen (secondary N) is 1. The second-order valence-electron chi connectivity index (χ2n) is 5.52. The van der Waals surface area contributed by atoms with Gasteiger partial charge in [0.25, 0.3) is 5.91 Å². The summed E-state index contributed by atoms with van der Waals surface area (Å²) in [6.45, 7) is 1.53. The molecular weight excluding hydrogens is 243 g/mol. The van der Waals surface area contributed by atoms with Crippen LogP contribution in [0.3, 0.4) is 0 Å². The first-order valence-electron chi connectivity index (χ1n) is 7.03. The fourth-order valence-corrected chi connectivity index (χ4v) is 2.64. The number of hydrogen-bond acceptors (Lipinski definition) is 2. The van der Waals surface area contributed by atoms with Crippen molar-refractivity contribution in [1.82, 2.24) is 10.2 Å². The van der Waals surface area contributed by atoms with E-state index in [1.165, 1.54) is 25.0 Å². The first-order valence-corrected chi connectivity index (χ1v) is 7.03. The van der Waals surface area contributed by atoms with Crippen LogP contribution in [0.1, 0.15) is 36.0 Å². The summed E-state index contributed by atoms with van der Waals surface area (Å²) in [6.07, 6.45) is 4.58. The molecule has 0 radical (unpaired) electrons. The number of benzene rings is 1. The molecule has 4 heteroatoms. The SMILES string of the molecule is O=C(c1cccc(F)c1)N1CCC(NC2CC2)CC1. The van der Waals surface area contributed by atoms with Gasteiger partial charge in [0.2, 0.25) is 0 Å². The largest absolute Gasteiger partial charge is 0.339 e. The Hall–Kier alpha value is -1.42. The number of hydrogen-bond donors (Lipinski definition) is 1. The van der Waals surface area contributed by atoms with E-state index in [0.29, 0.717) is 11.6 Å². The number of carbonyl (C=O) groups excluding carboxylic acids is 1. The van der Waals surface area contributed by atoms with Crippen molar-refractivity contribution in [1.29, 1.82) is 0 Å². The minimum atomic E-state index is -0.351. The van der Waals surface area contributed by atoms with Crippen molar-refractivity contribution in [2.24, 2.45) is 0 Å². The van der Waals surface area contributed by atoms with Crippen molar-refractivity contribution in [2.75, 3.05) is 13.1 Å². The fraction of sp³-hybridized carbons (Fsp3) is 0.533. The zero-order valence-corrected chi connectivity index (χ0v) is 10.9. The van der Waals surface area contributed by atoms with Gasteiger partial charge >= 0.3 is 0 Å². The maximum absolute atomic E-state index is 13.1. The Labute approximate surface area is 112 Å². The minimum absolute atomic E-state index is 0.0515. The lowest BCUT2D eigenvalue weighted by molar-refractivity contribution is 0.0704. The number of halogens is 1. The van der Waals surface area contributed by atoms with Crippen LogP contribution in [0, 0.1) is 5.82 Å². The summed E-state index contributed by atoms with van der Waals surface area (Å²) in [4.78, 5) is 14.1. The lowest BCUT2D eigenvalue weighted by atomic mass is 10.0. The number of rotatable bonds is 3. The fourth-order valence-electron chi connectivity index (χ4n) is 2.64. The van der Waals surface area contributed by atoms with Crippen LogP contribution in [0.25, 0.3) is 0 Å². The van der Waals surface area contributed by atoms with Gasteiger partial charge < -0.3 is 10.2 Å². The molecule has 19 heavy (non-hydrogen) atoms. The number of amides is 1. The molecule has 1 aromatic rings. The van der Waals surface area contributed by atoms with Gasteiger partial charge in [-0.25, -0.2) is 4.39 Å². The molecule has 1 saturated carbocycles. The molecular formula is C15H19FN2O. The second kappa shape index (κ2) is 5.29. The quantitative estimate of drug-likeness (QED) is 0.905. The molecule has 1 N–H and O–H groups in total. The Morgan fingerprint density at radius 2 is 1.84 bits per heavy atom. The molecule has 3 rings (SSSR count). The summed E-state index contributed by atoms with van der Waals surface area (Å²) in [6, 6.07) is 7.21. The molecule has 1 amide bonds. The molecule has 1 aromatic carbocycles. The van der Waals surface area contributed by atoms with E-state index in [-0.39, 0.29) is 11.7 Å². The second-order valence-corrected chi connectivity index (χ2v) is 5.52. The minimum Gasteiger partial charge on any atom is -0.339 e. The smallest absolute Gasteiger partial charge is 0.253 e. The first kappa shape index (κ1) is 12.6. The molecule has 3 nitrogen and oxygen atoms in total. The van der Waals surface area contributed by atoms with Crippen LogP contribution in [0.2, 0.25) is 0 Å². The van der Waals surface area contributed by atoms with Crippen molar-refractivity contribution in [3.05, 3.63) is 35.6 Å². The summed E-state index contributed by atoms with van der Waals surface area (Å²) < 4.78 is 13.1. The van der Waals surface area contributed by atoms with Gasteiger partial charge in [0.05, 0.1) is 0 Å². The van der Waals surface area contributed by atoms with Crippen molar-refractivity contribution in [3.63, 3.8) is 0 Å². The number of nitrogens with zero attached hydrogens (tertiary/aromatic N) is 1. The van der Waals surface area contributed by atoms with Crippen LogP contribution >= 0.6 is 0 Å². The highest BCUT2D eigenvalue weighted by atomic mass is 19.1. The monoisotopic (exact) mass is 262 g/mol. The van der Waals surface area contributed by atoms with Gasteiger partial charge in [0.15, 0.2) is 0 Å². The van der Waals surface area contributed by atoms with Crippen LogP contribution in [0.5, 0.6) is 0 Å². The van der Waals surface area contributed by atoms with Crippen LogP contribution < -0.4 is 5.32 Å². The third-order valence-electron chi connectivity index (χ3n) is 3.90. The molecule has 0 unspecified atom stereocenters. The normalized spacial score (nSPS) is 20.6. The van der Waals surface area contributed by atoms with Crippen LogP contribution in [0.15, 0.2) is 24.3 Å². The lowest BCUT2D eigenvalue weighted by Crippen LogP contribution is -2.45. The highest BCUT2D eigenvalue weighted by molar-refractivity contribution is 5.94. The maximum atomic E-state index is 13.1. The highest BCUT2D eigenvalue weighted by Gasteiger charge is 2.28. The van der Waals surface area contributed by atoms with Gasteiger partial charge in [-0.15, -0.1) is 0 Å². The van der Waals surface area contributed by atoms with Crippen molar-refractivity contribution >= 4 is 5.91 Å². The van der Waals surface area contributed by atoms with E-state index >= 15 is 0 Å². The average Bonchev–Trinajstić information content (AvgIpc) is 3.23. The third kappa shape index (κ3) is 3.13. The molecule has 0 aromatic heterocycles. The van der Waals surface area contributed by atoms with Crippen molar-refractivity contribution in [3.8, 4) is 0 Å². The third-order valence-corrected chi connectivity index (χ3v) is 3.90. The van der Waals surface area contributed by atoms with Gasteiger partial charge in [-0.2, -0.15) is 0 Å². The van der Waals surface area contributed by atoms with E-state index in [4.69, 9.17) is 0 Å². The summed E-state index contributed by atoms with van der Waals surface area (Å²) in [7, 11) is 0. The van der Waals surface area contributed by atoms with Crippen LogP contribution in [0.4, 0.5) is 4.39 Å². The van der Waals surface area contributed by atoms with Crippen molar-refractivity contribution < 1.29 is 9.18 Å². The molecule has 0 bridgehead atoms. The Kier molecular flexibility index (Phi) is 3.51. The molecule has 2 aliphatic rings. The van der Waals surface area contributed by atoms with E-state index in [0.717, 1.165) is 32.0 Å². The topological polar surface area (TPSA) is 32.3 Å². The van der Waals surface area contributed by atoms with Gasteiger partial charge in [-0.3, -0.25) is 4.79 Å². The van der Waals surface area contributed by atoms with E-state index in [2.05, 4.69) is 5.32 Å². The van der Waals surface area contributed by atoms with Gasteiger partial charge in [0, 0.05) is 30.7 Å². The van der Waals surface area contributed by atoms with E-state index in [1.807, 2.05) is 4.90 Å². The van der Waals surface area contributed by atoms with E-state index in [9.17, 15) is 9.18 Å². The van der Waals surface area contributed by atoms with Crippen LogP contribution in [-0.4, -0.2) is 36.0 Å². The Morgan fingerprint density at radius 1 is 1.16 bits per heavy atom. The Morgan fingerprint density at radius 3 is 2.47 bits per heavy atom. The summed E-state index contributed by atoms with van der Waals surface area (Å²) in [5, 5.41) is 3.60. The molecule has 102 valence electrons. The molecule has 0 atom stereocenters. The first-order chi connectivity index (χ1) is 9.22. The van der Waals surface area contributed by atoms with Crippen molar-refractivity contribution in [2.45, 2.75) is 37.8 Å². The van der Waals surface area contributed by atoms with Gasteiger partial charge in [-0.1, -0.05) is 6.07 Å². The predicted octanol–water partition coefficient (Wildman–Crippen LogP) is 2.18. The lowest BCUT2D eigenvalue weighted by Gasteiger charge is -2.32. The zero-order chi connectivity index (χ0) is 13.2. The average molecular weight is 262 g/mol. The van der Waals surface area contributed by atoms with Gasteiger partial charge in [0.1, 0.15) is 5.82 Å². The summed E-state index contributed by atoms with van der Waals surface area (Å²) >= 11 is 0. The zero-order valence-electron chi connectivity index (χ0n) is 10.9. The molecule has 0 spiro atoms. The standard InChI is InChI=1S/C15H19FN2O/c16-12-3-1-2-11(10-12)15(19)18-8-6-14(7-9-18)17-13-4-5-13/h1-3,10,13-14,17H,4-9H2. The highest BCUT2D eigenvalue weighted by Crippen LogP contribution is 2.22. The molecule has 1 saturated heterocycles. The van der Waals surface area contributed by atoms with E-state index in [1.54, 1.807) is 12.1 Å². The molecule has 1 aliphatic heterocycles. The predicted molar refractivity (Wildman–Crippen MR) is 71.5 cm³/mol. The molecule has 1 heterocycles. The summed E-state index contributed by atoms with van der Waals surface area (Å²) in [5.41, 5.74) is 0.452. The number of likely N-dealkylation sites (tertiary alicyclic amines) is 1. The number of piperidine rings is 1. The Balaban J connectivity index is 1.56. The molecule has 1 aliphatic carbocycles. The maximum Gasteiger partial charge on any atom is 0.253 e. The van der Waals surface area contributed by atoms with Gasteiger partial charge in [-0.05, 0) is 43.9 Å². The van der Waals surface area contributed by atoms with Crippen LogP contribution in [-0.2, 0) is 0 Å². The molecule has 2 fully saturated rings. The Bertz CT molecular complexity index is 465.